The van der Waals surface area contributed by atoms with Crippen molar-refractivity contribution in [2.45, 2.75) is 20.4 Å². The van der Waals surface area contributed by atoms with Gasteiger partial charge in [-0.1, -0.05) is 91.0 Å². The van der Waals surface area contributed by atoms with E-state index in [0.29, 0.717) is 16.8 Å². The average Bonchev–Trinajstić information content (AvgIpc) is 3.18. The van der Waals surface area contributed by atoms with Crippen molar-refractivity contribution >= 4 is 34.0 Å². The van der Waals surface area contributed by atoms with E-state index in [1.807, 2.05) is 103 Å². The van der Waals surface area contributed by atoms with Gasteiger partial charge in [-0.15, -0.1) is 0 Å². The van der Waals surface area contributed by atoms with E-state index in [9.17, 15) is 5.26 Å². The van der Waals surface area contributed by atoms with E-state index < -0.39 is 0 Å². The number of nitriles is 2. The topological polar surface area (TPSA) is 67.1 Å². The minimum Gasteiger partial charge on any atom is -0.342 e. The Bertz CT molecular complexity index is 2140. The smallest absolute Gasteiger partial charge is 0.269 e. The van der Waals surface area contributed by atoms with Gasteiger partial charge < -0.3 is 9.80 Å². The zero-order chi connectivity index (χ0) is 35.7. The van der Waals surface area contributed by atoms with Gasteiger partial charge in [-0.2, -0.15) is 5.26 Å². The highest BCUT2D eigenvalue weighted by Crippen LogP contribution is 2.30. The standard InChI is InChI=1S/C24H19N3.C19H14N4/c1-19(26-2)24(17-25)21-13-15-23(16-14-21)27(22-11-7-4-8-12-22)18-20-9-5-3-6-10-20;1-4-23(16-8-6-5-7-9-16)17-12-10-15(11-13-17)19(22-3)18(14-20)21-2/h3-16H,18H2,1H3;5-13H,4H2,1H3/b24-19-;19-18-. The normalized spacial score (nSPS) is 10.9. The van der Waals surface area contributed by atoms with Crippen molar-refractivity contribution in [2.75, 3.05) is 16.3 Å². The molecule has 7 heteroatoms. The molecule has 5 rings (SSSR count). The third-order valence-electron chi connectivity index (χ3n) is 7.75. The van der Waals surface area contributed by atoms with Gasteiger partial charge in [-0.05, 0) is 79.1 Å². The molecule has 5 aromatic rings. The van der Waals surface area contributed by atoms with Crippen molar-refractivity contribution in [1.29, 1.82) is 10.5 Å². The molecule has 0 spiro atoms. The van der Waals surface area contributed by atoms with E-state index in [0.717, 1.165) is 41.4 Å². The lowest BCUT2D eigenvalue weighted by Crippen LogP contribution is -2.16. The van der Waals surface area contributed by atoms with Crippen LogP contribution in [0.3, 0.4) is 0 Å². The van der Waals surface area contributed by atoms with Crippen LogP contribution >= 0.6 is 0 Å². The largest absolute Gasteiger partial charge is 0.342 e. The molecule has 0 unspecified atom stereocenters. The Kier molecular flexibility index (Phi) is 12.8. The summed E-state index contributed by atoms with van der Waals surface area (Å²) in [5.41, 5.74) is 7.53. The molecule has 0 aliphatic rings. The number of rotatable bonds is 9. The molecule has 0 heterocycles. The van der Waals surface area contributed by atoms with Crippen LogP contribution in [0.25, 0.3) is 25.8 Å². The van der Waals surface area contributed by atoms with Gasteiger partial charge >= 0.3 is 0 Å². The lowest BCUT2D eigenvalue weighted by Gasteiger charge is -2.25. The fourth-order valence-electron chi connectivity index (χ4n) is 5.23. The Morgan fingerprint density at radius 2 is 1.02 bits per heavy atom. The van der Waals surface area contributed by atoms with E-state index in [2.05, 4.69) is 61.6 Å². The highest BCUT2D eigenvalue weighted by atomic mass is 15.1. The van der Waals surface area contributed by atoms with E-state index in [-0.39, 0.29) is 11.4 Å². The summed E-state index contributed by atoms with van der Waals surface area (Å²) >= 11 is 0. The lowest BCUT2D eigenvalue weighted by atomic mass is 10.0. The van der Waals surface area contributed by atoms with Crippen molar-refractivity contribution < 1.29 is 0 Å². The van der Waals surface area contributed by atoms with E-state index in [4.69, 9.17) is 25.0 Å². The molecular formula is C43H33N7. The molecule has 240 valence electrons. The number of hydrogen-bond donors (Lipinski definition) is 0. The van der Waals surface area contributed by atoms with Gasteiger partial charge in [0.1, 0.15) is 0 Å². The Hall–Kier alpha value is -7.37. The summed E-state index contributed by atoms with van der Waals surface area (Å²) in [5.74, 6) is 0. The monoisotopic (exact) mass is 647 g/mol. The summed E-state index contributed by atoms with van der Waals surface area (Å²) in [6, 6.07) is 49.6. The molecular weight excluding hydrogens is 615 g/mol. The van der Waals surface area contributed by atoms with Crippen molar-refractivity contribution in [1.82, 2.24) is 0 Å². The first-order chi connectivity index (χ1) is 24.5. The van der Waals surface area contributed by atoms with Crippen LogP contribution in [0.1, 0.15) is 30.5 Å². The van der Waals surface area contributed by atoms with Gasteiger partial charge in [-0.25, -0.2) is 19.8 Å². The quantitative estimate of drug-likeness (QED) is 0.118. The van der Waals surface area contributed by atoms with E-state index in [1.165, 1.54) is 5.56 Å². The van der Waals surface area contributed by atoms with Gasteiger partial charge in [0, 0.05) is 35.8 Å². The molecule has 0 atom stereocenters. The van der Waals surface area contributed by atoms with Gasteiger partial charge in [0.2, 0.25) is 5.70 Å². The first-order valence-electron chi connectivity index (χ1n) is 15.8. The molecule has 7 nitrogen and oxygen atoms in total. The molecule has 0 radical (unpaired) electrons. The zero-order valence-electron chi connectivity index (χ0n) is 27.8. The van der Waals surface area contributed by atoms with Gasteiger partial charge in [0.15, 0.2) is 5.70 Å². The van der Waals surface area contributed by atoms with Crippen LogP contribution in [-0.4, -0.2) is 6.54 Å². The molecule has 0 fully saturated rings. The molecule has 0 amide bonds. The van der Waals surface area contributed by atoms with Crippen molar-refractivity contribution in [2.24, 2.45) is 0 Å². The maximum atomic E-state index is 9.37. The van der Waals surface area contributed by atoms with Crippen LogP contribution in [0.15, 0.2) is 151 Å². The van der Waals surface area contributed by atoms with Crippen molar-refractivity contribution in [3.8, 4) is 12.1 Å². The van der Waals surface area contributed by atoms with Gasteiger partial charge in [0.25, 0.3) is 5.70 Å². The zero-order valence-corrected chi connectivity index (χ0v) is 27.8. The van der Waals surface area contributed by atoms with Crippen LogP contribution in [0.2, 0.25) is 0 Å². The molecule has 0 saturated carbocycles. The number of hydrogen-bond acceptors (Lipinski definition) is 4. The second-order valence-corrected chi connectivity index (χ2v) is 10.8. The second kappa shape index (κ2) is 18.1. The summed E-state index contributed by atoms with van der Waals surface area (Å²) < 4.78 is 0. The third kappa shape index (κ3) is 8.91. The summed E-state index contributed by atoms with van der Waals surface area (Å²) in [4.78, 5) is 14.2. The molecule has 0 bridgehead atoms. The fourth-order valence-corrected chi connectivity index (χ4v) is 5.23. The summed E-state index contributed by atoms with van der Waals surface area (Å²) in [6.07, 6.45) is 0. The lowest BCUT2D eigenvalue weighted by molar-refractivity contribution is 0.975. The molecule has 5 aromatic carbocycles. The Morgan fingerprint density at radius 3 is 1.46 bits per heavy atom. The summed E-state index contributed by atoms with van der Waals surface area (Å²) in [6.45, 7) is 26.6. The number of nitrogens with zero attached hydrogens (tertiary/aromatic N) is 7. The molecule has 0 aromatic heterocycles. The van der Waals surface area contributed by atoms with Crippen LogP contribution in [-0.2, 0) is 6.54 Å². The number of anilines is 4. The molecule has 0 aliphatic heterocycles. The fraction of sp³-hybridized carbons (Fsp3) is 0.0930. The van der Waals surface area contributed by atoms with Crippen LogP contribution in [0.5, 0.6) is 0 Å². The van der Waals surface area contributed by atoms with E-state index in [1.54, 1.807) is 25.1 Å². The van der Waals surface area contributed by atoms with Crippen molar-refractivity contribution in [3.63, 3.8) is 0 Å². The minimum absolute atomic E-state index is 0.0943. The van der Waals surface area contributed by atoms with Gasteiger partial charge in [-0.3, -0.25) is 0 Å². The maximum absolute atomic E-state index is 9.37. The highest BCUT2D eigenvalue weighted by molar-refractivity contribution is 5.81. The van der Waals surface area contributed by atoms with Crippen LogP contribution in [0, 0.1) is 42.4 Å². The summed E-state index contributed by atoms with van der Waals surface area (Å²) in [5, 5.41) is 18.3. The number of allylic oxidation sites excluding steroid dienone is 3. The number of benzene rings is 5. The molecule has 50 heavy (non-hydrogen) atoms. The first-order valence-corrected chi connectivity index (χ1v) is 15.8. The van der Waals surface area contributed by atoms with Crippen molar-refractivity contribution in [3.05, 3.63) is 202 Å². The highest BCUT2D eigenvalue weighted by Gasteiger charge is 2.13. The first kappa shape index (κ1) is 35.5. The molecule has 0 saturated heterocycles. The Morgan fingerprint density at radius 1 is 0.560 bits per heavy atom. The summed E-state index contributed by atoms with van der Waals surface area (Å²) in [7, 11) is 0. The van der Waals surface area contributed by atoms with Gasteiger partial charge in [0.05, 0.1) is 37.4 Å². The van der Waals surface area contributed by atoms with E-state index >= 15 is 0 Å². The Labute approximate surface area is 294 Å². The molecule has 0 N–H and O–H groups in total. The second-order valence-electron chi connectivity index (χ2n) is 10.8. The van der Waals surface area contributed by atoms with Crippen LogP contribution in [0.4, 0.5) is 22.7 Å². The third-order valence-corrected chi connectivity index (χ3v) is 7.75. The molecule has 0 aliphatic carbocycles. The average molecular weight is 648 g/mol. The minimum atomic E-state index is -0.178. The van der Waals surface area contributed by atoms with Crippen LogP contribution < -0.4 is 9.80 Å². The Balaban J connectivity index is 0.000000228. The number of para-hydroxylation sites is 2. The maximum Gasteiger partial charge on any atom is 0.269 e. The SMILES string of the molecule is [C-]#[N+]/C(C#N)=C(\[N+]#[C-])c1ccc(N(CC)c2ccccc2)cc1.[C-]#[N+]/C(C)=C(/C#N)c1ccc(N(Cc2ccccc2)c2ccccc2)cc1. The predicted octanol–water partition coefficient (Wildman–Crippen LogP) is 11.1. The predicted molar refractivity (Wildman–Crippen MR) is 201 cm³/mol.